The number of ether oxygens (including phenoxy) is 1. The summed E-state index contributed by atoms with van der Waals surface area (Å²) in [5, 5.41) is 10.7. The van der Waals surface area contributed by atoms with E-state index in [9.17, 15) is 4.79 Å². The molecule has 24 heavy (non-hydrogen) atoms. The van der Waals surface area contributed by atoms with Gasteiger partial charge in [-0.1, -0.05) is 13.8 Å². The SMILES string of the molecule is CCC1(CC)C(OC)CC1N(C)C(=O)c1n[nH]c2c1CNCC2.Cl. The number of H-pyrrole nitrogens is 1. The topological polar surface area (TPSA) is 70.2 Å². The molecule has 3 rings (SSSR count). The molecule has 1 aliphatic carbocycles. The van der Waals surface area contributed by atoms with Crippen LogP contribution in [-0.2, 0) is 17.7 Å². The van der Waals surface area contributed by atoms with E-state index < -0.39 is 0 Å². The van der Waals surface area contributed by atoms with E-state index in [0.717, 1.165) is 50.0 Å². The van der Waals surface area contributed by atoms with Crippen LogP contribution in [0.25, 0.3) is 0 Å². The van der Waals surface area contributed by atoms with E-state index in [-0.39, 0.29) is 35.9 Å². The van der Waals surface area contributed by atoms with E-state index >= 15 is 0 Å². The number of carbonyl (C=O) groups is 1. The van der Waals surface area contributed by atoms with Crippen LogP contribution in [0.3, 0.4) is 0 Å². The van der Waals surface area contributed by atoms with Gasteiger partial charge in [0.15, 0.2) is 5.69 Å². The van der Waals surface area contributed by atoms with E-state index in [0.29, 0.717) is 5.69 Å². The van der Waals surface area contributed by atoms with Gasteiger partial charge in [0.25, 0.3) is 5.91 Å². The van der Waals surface area contributed by atoms with Gasteiger partial charge in [-0.3, -0.25) is 9.89 Å². The lowest BCUT2D eigenvalue weighted by molar-refractivity contribution is -0.147. The Morgan fingerprint density at radius 3 is 2.75 bits per heavy atom. The number of halogens is 1. The molecule has 1 amide bonds. The van der Waals surface area contributed by atoms with Gasteiger partial charge in [-0.2, -0.15) is 5.10 Å². The second kappa shape index (κ2) is 7.42. The molecule has 2 unspecified atom stereocenters. The summed E-state index contributed by atoms with van der Waals surface area (Å²) in [6, 6.07) is 0.221. The van der Waals surface area contributed by atoms with Crippen LogP contribution >= 0.6 is 12.4 Å². The second-order valence-corrected chi connectivity index (χ2v) is 6.79. The van der Waals surface area contributed by atoms with Crippen LogP contribution in [0.2, 0.25) is 0 Å². The molecule has 7 heteroatoms. The quantitative estimate of drug-likeness (QED) is 0.848. The van der Waals surface area contributed by atoms with Crippen LogP contribution < -0.4 is 5.32 Å². The summed E-state index contributed by atoms with van der Waals surface area (Å²) in [6.07, 6.45) is 4.09. The zero-order valence-electron chi connectivity index (χ0n) is 15.0. The number of hydrogen-bond donors (Lipinski definition) is 2. The summed E-state index contributed by atoms with van der Waals surface area (Å²) in [4.78, 5) is 14.9. The van der Waals surface area contributed by atoms with Gasteiger partial charge in [-0.25, -0.2) is 0 Å². The highest BCUT2D eigenvalue weighted by molar-refractivity contribution is 5.94. The number of methoxy groups -OCH3 is 1. The summed E-state index contributed by atoms with van der Waals surface area (Å²) in [7, 11) is 3.69. The number of fused-ring (bicyclic) bond motifs is 1. The number of aromatic nitrogens is 2. The third-order valence-electron chi connectivity index (χ3n) is 6.14. The highest BCUT2D eigenvalue weighted by atomic mass is 35.5. The molecule has 1 aromatic rings. The minimum atomic E-state index is 0. The van der Waals surface area contributed by atoms with E-state index in [1.165, 1.54) is 0 Å². The van der Waals surface area contributed by atoms with Crippen molar-refractivity contribution in [3.8, 4) is 0 Å². The summed E-state index contributed by atoms with van der Waals surface area (Å²) < 4.78 is 5.66. The first-order valence-electron chi connectivity index (χ1n) is 8.65. The van der Waals surface area contributed by atoms with Gasteiger partial charge in [-0.05, 0) is 19.3 Å². The Kier molecular flexibility index (Phi) is 5.94. The van der Waals surface area contributed by atoms with Crippen LogP contribution in [0.1, 0.15) is 54.9 Å². The van der Waals surface area contributed by atoms with Crippen LogP contribution in [0.4, 0.5) is 0 Å². The Hall–Kier alpha value is -1.11. The van der Waals surface area contributed by atoms with E-state index in [4.69, 9.17) is 4.74 Å². The molecule has 0 spiro atoms. The molecule has 1 aliphatic heterocycles. The molecule has 1 fully saturated rings. The van der Waals surface area contributed by atoms with Crippen molar-refractivity contribution in [3.05, 3.63) is 17.0 Å². The van der Waals surface area contributed by atoms with Gasteiger partial charge >= 0.3 is 0 Å². The molecule has 0 radical (unpaired) electrons. The van der Waals surface area contributed by atoms with Crippen molar-refractivity contribution in [1.29, 1.82) is 0 Å². The van der Waals surface area contributed by atoms with Crippen molar-refractivity contribution >= 4 is 18.3 Å². The average Bonchev–Trinajstić information content (AvgIpc) is 2.99. The number of amides is 1. The second-order valence-electron chi connectivity index (χ2n) is 6.79. The molecular formula is C17H29ClN4O2. The van der Waals surface area contributed by atoms with Gasteiger partial charge in [0.05, 0.1) is 6.10 Å². The molecule has 2 aliphatic rings. The Bertz CT molecular complexity index is 585. The van der Waals surface area contributed by atoms with Crippen LogP contribution in [0, 0.1) is 5.41 Å². The molecule has 2 heterocycles. The molecule has 2 atom stereocenters. The lowest BCUT2D eigenvalue weighted by Gasteiger charge is -2.57. The Labute approximate surface area is 150 Å². The highest BCUT2D eigenvalue weighted by Gasteiger charge is 2.55. The number of nitrogens with zero attached hydrogens (tertiary/aromatic N) is 2. The smallest absolute Gasteiger partial charge is 0.274 e. The third-order valence-corrected chi connectivity index (χ3v) is 6.14. The van der Waals surface area contributed by atoms with Crippen molar-refractivity contribution in [2.45, 2.75) is 58.2 Å². The Balaban J connectivity index is 0.00000208. The zero-order valence-corrected chi connectivity index (χ0v) is 15.8. The van der Waals surface area contributed by atoms with Gasteiger partial charge in [0.1, 0.15) is 0 Å². The molecule has 6 nitrogen and oxygen atoms in total. The molecule has 2 N–H and O–H groups in total. The van der Waals surface area contributed by atoms with Gasteiger partial charge in [0.2, 0.25) is 0 Å². The van der Waals surface area contributed by atoms with Crippen LogP contribution in [0.5, 0.6) is 0 Å². The van der Waals surface area contributed by atoms with E-state index in [1.54, 1.807) is 7.11 Å². The molecule has 136 valence electrons. The van der Waals surface area contributed by atoms with Crippen LogP contribution in [-0.4, -0.2) is 53.9 Å². The average molecular weight is 357 g/mol. The fraction of sp³-hybridized carbons (Fsp3) is 0.765. The normalized spacial score (nSPS) is 24.5. The maximum Gasteiger partial charge on any atom is 0.274 e. The predicted octanol–water partition coefficient (Wildman–Crippen LogP) is 2.14. The van der Waals surface area contributed by atoms with Crippen molar-refractivity contribution in [1.82, 2.24) is 20.4 Å². The third kappa shape index (κ3) is 2.74. The molecule has 1 aromatic heterocycles. The fourth-order valence-corrected chi connectivity index (χ4v) is 4.49. The number of carbonyl (C=O) groups excluding carboxylic acids is 1. The molecule has 0 saturated heterocycles. The van der Waals surface area contributed by atoms with Crippen molar-refractivity contribution in [2.75, 3.05) is 20.7 Å². The van der Waals surface area contributed by atoms with Crippen molar-refractivity contribution in [3.63, 3.8) is 0 Å². The highest BCUT2D eigenvalue weighted by Crippen LogP contribution is 2.51. The molecule has 0 bridgehead atoms. The van der Waals surface area contributed by atoms with E-state index in [1.807, 2.05) is 11.9 Å². The van der Waals surface area contributed by atoms with Gasteiger partial charge < -0.3 is 15.0 Å². The maximum absolute atomic E-state index is 13.0. The Morgan fingerprint density at radius 1 is 1.42 bits per heavy atom. The monoisotopic (exact) mass is 356 g/mol. The largest absolute Gasteiger partial charge is 0.381 e. The van der Waals surface area contributed by atoms with Crippen molar-refractivity contribution in [2.24, 2.45) is 5.41 Å². The number of rotatable bonds is 5. The standard InChI is InChI=1S/C17H28N4O2.ClH/c1-5-17(6-2)13(9-14(17)23-4)21(3)16(22)15-11-10-18-8-7-12(11)19-20-15;/h13-14,18H,5-10H2,1-4H3,(H,19,20);1H. The predicted molar refractivity (Wildman–Crippen MR) is 95.6 cm³/mol. The van der Waals surface area contributed by atoms with Gasteiger partial charge in [0, 0.05) is 56.4 Å². The minimum Gasteiger partial charge on any atom is -0.381 e. The molecule has 0 aromatic carbocycles. The number of aromatic amines is 1. The molecule has 1 saturated carbocycles. The first-order chi connectivity index (χ1) is 11.1. The number of hydrogen-bond acceptors (Lipinski definition) is 4. The first kappa shape index (κ1) is 19.2. The Morgan fingerprint density at radius 2 is 2.12 bits per heavy atom. The first-order valence-corrected chi connectivity index (χ1v) is 8.65. The van der Waals surface area contributed by atoms with Crippen LogP contribution in [0.15, 0.2) is 0 Å². The summed E-state index contributed by atoms with van der Waals surface area (Å²) in [5.41, 5.74) is 2.78. The lowest BCUT2D eigenvalue weighted by Crippen LogP contribution is -2.64. The lowest BCUT2D eigenvalue weighted by atomic mass is 9.58. The summed E-state index contributed by atoms with van der Waals surface area (Å²) in [6.45, 7) is 6.05. The summed E-state index contributed by atoms with van der Waals surface area (Å²) >= 11 is 0. The number of nitrogens with one attached hydrogen (secondary N) is 2. The fourth-order valence-electron chi connectivity index (χ4n) is 4.49. The van der Waals surface area contributed by atoms with Crippen molar-refractivity contribution < 1.29 is 9.53 Å². The molecular weight excluding hydrogens is 328 g/mol. The van der Waals surface area contributed by atoms with E-state index in [2.05, 4.69) is 29.4 Å². The summed E-state index contributed by atoms with van der Waals surface area (Å²) in [5.74, 6) is 0.0250. The van der Waals surface area contributed by atoms with Gasteiger partial charge in [-0.15, -0.1) is 12.4 Å². The maximum atomic E-state index is 13.0. The zero-order chi connectivity index (χ0) is 16.6. The minimum absolute atomic E-state index is 0.